The molecule has 0 spiro atoms. The molecule has 0 heterocycles. The molecule has 9 amide bonds. The number of aliphatic hydroxyl groups excluding tert-OH is 3. The van der Waals surface area contributed by atoms with Gasteiger partial charge < -0.3 is 101 Å². The number of benzene rings is 1. The predicted molar refractivity (Wildman–Crippen MR) is 303 cm³/mol. The molecule has 13 atom stereocenters. The van der Waals surface area contributed by atoms with Gasteiger partial charge in [0.2, 0.25) is 53.2 Å². The number of carbonyl (C=O) groups excluding carboxylic acids is 9. The Bertz CT molecular complexity index is 2470. The third-order valence-corrected chi connectivity index (χ3v) is 13.0. The van der Waals surface area contributed by atoms with Crippen LogP contribution in [0.2, 0.25) is 0 Å². The van der Waals surface area contributed by atoms with Crippen LogP contribution in [0.5, 0.6) is 5.75 Å². The number of guanidine groups is 1. The minimum Gasteiger partial charge on any atom is -0.508 e. The molecule has 85 heavy (non-hydrogen) atoms. The Kier molecular flexibility index (Phi) is 32.7. The van der Waals surface area contributed by atoms with Crippen molar-refractivity contribution in [2.24, 2.45) is 39.9 Å². The second-order valence-electron chi connectivity index (χ2n) is 21.4. The first-order chi connectivity index (χ1) is 39.6. The number of carboxylic acid groups (broad SMARTS) is 3. The smallest absolute Gasteiger partial charge is 0.326 e. The summed E-state index contributed by atoms with van der Waals surface area (Å²) in [6.07, 6.45) is -6.04. The van der Waals surface area contributed by atoms with E-state index in [2.05, 4.69) is 52.8 Å². The summed E-state index contributed by atoms with van der Waals surface area (Å²) in [7, 11) is 0. The van der Waals surface area contributed by atoms with E-state index in [0.717, 1.165) is 13.8 Å². The minimum atomic E-state index is -2.07. The van der Waals surface area contributed by atoms with Crippen molar-refractivity contribution in [2.45, 2.75) is 186 Å². The second kappa shape index (κ2) is 37.2. The molecule has 22 N–H and O–H groups in total. The van der Waals surface area contributed by atoms with Crippen LogP contribution in [0.1, 0.15) is 112 Å². The molecule has 32 heteroatoms. The number of amides is 9. The van der Waals surface area contributed by atoms with Crippen molar-refractivity contribution in [3.63, 3.8) is 0 Å². The molecule has 0 saturated heterocycles. The van der Waals surface area contributed by atoms with Crippen molar-refractivity contribution in [3.05, 3.63) is 29.8 Å². The minimum absolute atomic E-state index is 0.00323. The number of phenolic OH excluding ortho intramolecular Hbond substituents is 1. The van der Waals surface area contributed by atoms with E-state index in [4.69, 9.17) is 17.2 Å². The number of aliphatic carboxylic acids is 3. The molecule has 0 radical (unpaired) electrons. The van der Waals surface area contributed by atoms with Gasteiger partial charge in [-0.15, -0.1) is 0 Å². The Balaban J connectivity index is 3.42. The topological polar surface area (TPSA) is 545 Å². The van der Waals surface area contributed by atoms with Crippen LogP contribution in [-0.4, -0.2) is 199 Å². The average molecular weight is 1210 g/mol. The number of hydrogen-bond donors (Lipinski definition) is 19. The summed E-state index contributed by atoms with van der Waals surface area (Å²) in [6.45, 7) is 10.8. The molecule has 32 nitrogen and oxygen atoms in total. The maximum atomic E-state index is 14.0. The standard InChI is InChI=1S/C53H87N13O19/c1-9-26(6)40(64-46(78)34(19-24(2)3)60-43(75)31(54)21-29-12-14-30(70)15-13-29)49(81)61-35(22-39(73)74)47(79)65-42(28(8)69)51(83)66-41(27(7)68)50(82)63-37(23-67)48(80)58-32(11-10-18-57-53(55)56)44(76)59-33(16-17-38(71)72)45(77)62-36(52(84)85)20-25(4)5/h12-15,24-28,31-37,40-42,67-70H,9-11,16-23,54H2,1-8H3,(H,58,80)(H,59,76)(H,60,75)(H,61,81)(H,62,77)(H,63,82)(H,64,78)(H,65,79)(H,66,83)(H,71,72)(H,73,74)(H,84,85)(H4,55,56,57)/t26-,27+,28+,31-,32-,33-,34-,35-,36-,37-,40-,41-,42-/m0/s1. The summed E-state index contributed by atoms with van der Waals surface area (Å²) >= 11 is 0. The number of nitrogens with one attached hydrogen (secondary N) is 9. The molecule has 0 aliphatic carbocycles. The molecule has 478 valence electrons. The van der Waals surface area contributed by atoms with Crippen LogP contribution in [0.4, 0.5) is 0 Å². The lowest BCUT2D eigenvalue weighted by molar-refractivity contribution is -0.143. The highest BCUT2D eigenvalue weighted by atomic mass is 16.4. The SMILES string of the molecule is CC[C@H](C)[C@H](NC(=O)[C@H](CC(C)C)NC(=O)[C@@H](N)Cc1ccc(O)cc1)C(=O)N[C@@H](CC(=O)O)C(=O)N[C@H](C(=O)N[C@H](C(=O)N[C@@H](CO)C(=O)N[C@@H](CCCN=C(N)N)C(=O)N[C@@H](CCC(=O)O)C(=O)N[C@@H](CC(C)C)C(=O)O)[C@@H](C)O)[C@@H](C)O. The Morgan fingerprint density at radius 1 is 0.518 bits per heavy atom. The molecule has 0 bridgehead atoms. The van der Waals surface area contributed by atoms with E-state index in [-0.39, 0.29) is 68.6 Å². The van der Waals surface area contributed by atoms with Gasteiger partial charge in [0.25, 0.3) is 0 Å². The van der Waals surface area contributed by atoms with Crippen molar-refractivity contribution in [2.75, 3.05) is 13.2 Å². The van der Waals surface area contributed by atoms with Gasteiger partial charge in [0, 0.05) is 13.0 Å². The third kappa shape index (κ3) is 27.8. The molecule has 0 aliphatic heterocycles. The van der Waals surface area contributed by atoms with Gasteiger partial charge in [-0.25, -0.2) is 4.79 Å². The van der Waals surface area contributed by atoms with E-state index in [1.807, 2.05) is 0 Å². The van der Waals surface area contributed by atoms with Crippen LogP contribution in [0.3, 0.4) is 0 Å². The first kappa shape index (κ1) is 74.8. The lowest BCUT2D eigenvalue weighted by Crippen LogP contribution is -2.64. The molecule has 0 aromatic heterocycles. The number of hydrogen-bond acceptors (Lipinski definition) is 18. The highest BCUT2D eigenvalue weighted by Gasteiger charge is 2.39. The second-order valence-corrected chi connectivity index (χ2v) is 21.4. The molecule has 0 aliphatic rings. The predicted octanol–water partition coefficient (Wildman–Crippen LogP) is -5.00. The van der Waals surface area contributed by atoms with Gasteiger partial charge in [-0.2, -0.15) is 0 Å². The van der Waals surface area contributed by atoms with E-state index in [1.54, 1.807) is 53.7 Å². The molecular weight excluding hydrogens is 1120 g/mol. The summed E-state index contributed by atoms with van der Waals surface area (Å²) in [5.41, 5.74) is 17.6. The number of nitrogens with zero attached hydrogens (tertiary/aromatic N) is 1. The molecule has 0 saturated carbocycles. The Morgan fingerprint density at radius 3 is 1.40 bits per heavy atom. The first-order valence-corrected chi connectivity index (χ1v) is 27.6. The summed E-state index contributed by atoms with van der Waals surface area (Å²) in [5.74, 6) is -16.0. The van der Waals surface area contributed by atoms with Crippen molar-refractivity contribution in [1.82, 2.24) is 47.9 Å². The number of aliphatic hydroxyl groups is 3. The highest BCUT2D eigenvalue weighted by Crippen LogP contribution is 2.15. The maximum Gasteiger partial charge on any atom is 0.326 e. The number of phenols is 1. The van der Waals surface area contributed by atoms with Gasteiger partial charge in [-0.3, -0.25) is 57.7 Å². The van der Waals surface area contributed by atoms with E-state index in [9.17, 15) is 93.3 Å². The first-order valence-electron chi connectivity index (χ1n) is 27.6. The van der Waals surface area contributed by atoms with Gasteiger partial charge in [-0.05, 0) is 87.8 Å². The largest absolute Gasteiger partial charge is 0.508 e. The Labute approximate surface area is 491 Å². The molecule has 0 unspecified atom stereocenters. The fourth-order valence-electron chi connectivity index (χ4n) is 8.14. The average Bonchev–Trinajstić information content (AvgIpc) is 3.62. The van der Waals surface area contributed by atoms with Crippen molar-refractivity contribution in [3.8, 4) is 5.75 Å². The third-order valence-electron chi connectivity index (χ3n) is 13.0. The fourth-order valence-corrected chi connectivity index (χ4v) is 8.14. The maximum absolute atomic E-state index is 14.0. The van der Waals surface area contributed by atoms with Crippen molar-refractivity contribution in [1.29, 1.82) is 0 Å². The number of carbonyl (C=O) groups is 12. The van der Waals surface area contributed by atoms with Crippen LogP contribution < -0.4 is 65.1 Å². The number of aromatic hydroxyl groups is 1. The van der Waals surface area contributed by atoms with Crippen LogP contribution in [0.25, 0.3) is 0 Å². The Morgan fingerprint density at radius 2 is 0.929 bits per heavy atom. The van der Waals surface area contributed by atoms with Gasteiger partial charge in [0.05, 0.1) is 31.3 Å². The molecule has 1 rings (SSSR count). The highest BCUT2D eigenvalue weighted by molar-refractivity contribution is 5.99. The van der Waals surface area contributed by atoms with Gasteiger partial charge in [-0.1, -0.05) is 60.1 Å². The zero-order valence-electron chi connectivity index (χ0n) is 49.0. The lowest BCUT2D eigenvalue weighted by Gasteiger charge is -2.30. The van der Waals surface area contributed by atoms with Gasteiger partial charge >= 0.3 is 17.9 Å². The quantitative estimate of drug-likeness (QED) is 0.0167. The van der Waals surface area contributed by atoms with Crippen molar-refractivity contribution >= 4 is 77.0 Å². The fraction of sp³-hybridized carbons (Fsp3) is 0.642. The van der Waals surface area contributed by atoms with Gasteiger partial charge in [0.1, 0.15) is 60.1 Å². The van der Waals surface area contributed by atoms with Crippen molar-refractivity contribution < 1.29 is 93.3 Å². The normalized spacial score (nSPS) is 15.8. The van der Waals surface area contributed by atoms with Crippen LogP contribution >= 0.6 is 0 Å². The number of carboxylic acids is 3. The summed E-state index contributed by atoms with van der Waals surface area (Å²) in [5, 5.41) is 90.8. The number of nitrogens with two attached hydrogens (primary N) is 3. The van der Waals surface area contributed by atoms with Crippen LogP contribution in [0, 0.1) is 17.8 Å². The zero-order chi connectivity index (χ0) is 65.0. The molecule has 1 aromatic carbocycles. The zero-order valence-corrected chi connectivity index (χ0v) is 49.0. The van der Waals surface area contributed by atoms with Gasteiger partial charge in [0.15, 0.2) is 5.96 Å². The molecule has 0 fully saturated rings. The van der Waals surface area contributed by atoms with Crippen LogP contribution in [0.15, 0.2) is 29.3 Å². The van der Waals surface area contributed by atoms with E-state index in [1.165, 1.54) is 12.1 Å². The lowest BCUT2D eigenvalue weighted by atomic mass is 9.96. The monoisotopic (exact) mass is 1210 g/mol. The summed E-state index contributed by atoms with van der Waals surface area (Å²) in [6, 6.07) is -10.7. The number of rotatable bonds is 39. The summed E-state index contributed by atoms with van der Waals surface area (Å²) < 4.78 is 0. The molecule has 1 aromatic rings. The summed E-state index contributed by atoms with van der Waals surface area (Å²) in [4.78, 5) is 163. The number of aliphatic imine (C=N–C) groups is 1. The Hall–Kier alpha value is -8.23. The van der Waals surface area contributed by atoms with E-state index in [0.29, 0.717) is 5.56 Å². The van der Waals surface area contributed by atoms with E-state index >= 15 is 0 Å². The van der Waals surface area contributed by atoms with Crippen LogP contribution in [-0.2, 0) is 64.0 Å². The molecular formula is C53H87N13O19. The van der Waals surface area contributed by atoms with E-state index < -0.39 is 175 Å².